The standard InChI is InChI=1S/C13H24N2O/c1-10(2)12-6-11(7-12)8-15-5-4-14(3)13(16)9-15/h10-12H,4-9H2,1-3H3/t11-,12+. The van der Waals surface area contributed by atoms with E-state index in [1.54, 1.807) is 0 Å². The molecule has 1 aliphatic heterocycles. The van der Waals surface area contributed by atoms with Crippen LogP contribution >= 0.6 is 0 Å². The van der Waals surface area contributed by atoms with Gasteiger partial charge in [-0.2, -0.15) is 0 Å². The second kappa shape index (κ2) is 4.74. The van der Waals surface area contributed by atoms with Crippen LogP contribution in [0.15, 0.2) is 0 Å². The van der Waals surface area contributed by atoms with E-state index < -0.39 is 0 Å². The van der Waals surface area contributed by atoms with Crippen molar-refractivity contribution in [3.63, 3.8) is 0 Å². The van der Waals surface area contributed by atoms with Crippen LogP contribution in [-0.2, 0) is 4.79 Å². The smallest absolute Gasteiger partial charge is 0.236 e. The molecule has 3 heteroatoms. The van der Waals surface area contributed by atoms with Gasteiger partial charge in [-0.15, -0.1) is 0 Å². The molecule has 16 heavy (non-hydrogen) atoms. The van der Waals surface area contributed by atoms with Gasteiger partial charge in [0.2, 0.25) is 5.91 Å². The van der Waals surface area contributed by atoms with Crippen molar-refractivity contribution in [1.29, 1.82) is 0 Å². The second-order valence-electron chi connectivity index (χ2n) is 5.89. The van der Waals surface area contributed by atoms with Crippen molar-refractivity contribution in [2.75, 3.05) is 33.2 Å². The molecular formula is C13H24N2O. The average molecular weight is 224 g/mol. The largest absolute Gasteiger partial charge is 0.343 e. The Kier molecular flexibility index (Phi) is 3.53. The molecule has 0 N–H and O–H groups in total. The summed E-state index contributed by atoms with van der Waals surface area (Å²) in [5.41, 5.74) is 0. The summed E-state index contributed by atoms with van der Waals surface area (Å²) in [5, 5.41) is 0. The molecule has 0 aromatic heterocycles. The lowest BCUT2D eigenvalue weighted by Gasteiger charge is -2.42. The Bertz CT molecular complexity index is 259. The Morgan fingerprint density at radius 1 is 1.31 bits per heavy atom. The van der Waals surface area contributed by atoms with E-state index in [0.717, 1.165) is 37.4 Å². The molecule has 0 spiro atoms. The molecule has 2 rings (SSSR count). The van der Waals surface area contributed by atoms with Crippen molar-refractivity contribution < 1.29 is 4.79 Å². The number of piperazine rings is 1. The Balaban J connectivity index is 1.70. The van der Waals surface area contributed by atoms with Gasteiger partial charge in [0, 0.05) is 26.7 Å². The zero-order valence-corrected chi connectivity index (χ0v) is 10.8. The highest BCUT2D eigenvalue weighted by molar-refractivity contribution is 5.78. The summed E-state index contributed by atoms with van der Waals surface area (Å²) in [6.45, 7) is 8.38. The highest BCUT2D eigenvalue weighted by Gasteiger charge is 2.33. The first kappa shape index (κ1) is 11.9. The monoisotopic (exact) mass is 224 g/mol. The van der Waals surface area contributed by atoms with Crippen molar-refractivity contribution in [2.45, 2.75) is 26.7 Å². The molecule has 1 heterocycles. The minimum absolute atomic E-state index is 0.283. The van der Waals surface area contributed by atoms with Gasteiger partial charge in [0.05, 0.1) is 6.54 Å². The third kappa shape index (κ3) is 2.57. The molecule has 1 aliphatic carbocycles. The van der Waals surface area contributed by atoms with Gasteiger partial charge in [-0.3, -0.25) is 9.69 Å². The third-order valence-electron chi connectivity index (χ3n) is 4.27. The van der Waals surface area contributed by atoms with Gasteiger partial charge in [0.15, 0.2) is 0 Å². The van der Waals surface area contributed by atoms with Gasteiger partial charge >= 0.3 is 0 Å². The molecule has 1 saturated carbocycles. The molecule has 0 radical (unpaired) electrons. The molecule has 1 saturated heterocycles. The lowest BCUT2D eigenvalue weighted by molar-refractivity contribution is -0.134. The predicted octanol–water partition coefficient (Wildman–Crippen LogP) is 1.44. The van der Waals surface area contributed by atoms with Gasteiger partial charge in [-0.1, -0.05) is 13.8 Å². The maximum absolute atomic E-state index is 11.5. The third-order valence-corrected chi connectivity index (χ3v) is 4.27. The SMILES string of the molecule is CC(C)[C@H]1C[C@@H](CN2CCN(C)C(=O)C2)C1. The van der Waals surface area contributed by atoms with Crippen LogP contribution in [-0.4, -0.2) is 48.9 Å². The Hall–Kier alpha value is -0.570. The Morgan fingerprint density at radius 2 is 2.00 bits per heavy atom. The first-order chi connectivity index (χ1) is 7.56. The Labute approximate surface area is 98.8 Å². The summed E-state index contributed by atoms with van der Waals surface area (Å²) in [6.07, 6.45) is 2.75. The molecule has 92 valence electrons. The topological polar surface area (TPSA) is 23.6 Å². The van der Waals surface area contributed by atoms with Crippen LogP contribution in [0.1, 0.15) is 26.7 Å². The molecule has 0 unspecified atom stereocenters. The fourth-order valence-electron chi connectivity index (χ4n) is 2.81. The van der Waals surface area contributed by atoms with Crippen molar-refractivity contribution in [1.82, 2.24) is 9.80 Å². The van der Waals surface area contributed by atoms with Gasteiger partial charge < -0.3 is 4.90 Å². The molecule has 1 amide bonds. The van der Waals surface area contributed by atoms with E-state index in [4.69, 9.17) is 0 Å². The zero-order valence-electron chi connectivity index (χ0n) is 10.8. The fourth-order valence-corrected chi connectivity index (χ4v) is 2.81. The molecule has 2 aliphatic rings. The first-order valence-corrected chi connectivity index (χ1v) is 6.52. The number of amides is 1. The van der Waals surface area contributed by atoms with Crippen LogP contribution in [0.3, 0.4) is 0 Å². The van der Waals surface area contributed by atoms with E-state index in [1.165, 1.54) is 12.8 Å². The number of carbonyl (C=O) groups excluding carboxylic acids is 1. The van der Waals surface area contributed by atoms with E-state index in [2.05, 4.69) is 18.7 Å². The summed E-state index contributed by atoms with van der Waals surface area (Å²) >= 11 is 0. The van der Waals surface area contributed by atoms with Crippen LogP contribution in [0.4, 0.5) is 0 Å². The maximum atomic E-state index is 11.5. The van der Waals surface area contributed by atoms with Crippen molar-refractivity contribution in [2.24, 2.45) is 17.8 Å². The lowest BCUT2D eigenvalue weighted by atomic mass is 9.69. The van der Waals surface area contributed by atoms with Gasteiger partial charge in [-0.05, 0) is 30.6 Å². The molecule has 0 atom stereocenters. The van der Waals surface area contributed by atoms with Crippen molar-refractivity contribution in [3.8, 4) is 0 Å². The minimum Gasteiger partial charge on any atom is -0.343 e. The zero-order chi connectivity index (χ0) is 11.7. The van der Waals surface area contributed by atoms with Crippen LogP contribution in [0.5, 0.6) is 0 Å². The summed E-state index contributed by atoms with van der Waals surface area (Å²) in [4.78, 5) is 15.7. The predicted molar refractivity (Wildman–Crippen MR) is 65.1 cm³/mol. The van der Waals surface area contributed by atoms with Gasteiger partial charge in [-0.25, -0.2) is 0 Å². The van der Waals surface area contributed by atoms with Crippen LogP contribution in [0.25, 0.3) is 0 Å². The first-order valence-electron chi connectivity index (χ1n) is 6.52. The normalized spacial score (nSPS) is 32.0. The number of hydrogen-bond donors (Lipinski definition) is 0. The number of rotatable bonds is 3. The number of nitrogens with zero attached hydrogens (tertiary/aromatic N) is 2. The molecule has 0 bridgehead atoms. The van der Waals surface area contributed by atoms with Gasteiger partial charge in [0.1, 0.15) is 0 Å². The summed E-state index contributed by atoms with van der Waals surface area (Å²) in [7, 11) is 1.90. The van der Waals surface area contributed by atoms with E-state index in [0.29, 0.717) is 6.54 Å². The molecule has 3 nitrogen and oxygen atoms in total. The quantitative estimate of drug-likeness (QED) is 0.724. The summed E-state index contributed by atoms with van der Waals surface area (Å²) in [5.74, 6) is 2.91. The lowest BCUT2D eigenvalue weighted by Crippen LogP contribution is -2.50. The number of hydrogen-bond acceptors (Lipinski definition) is 2. The van der Waals surface area contributed by atoms with Crippen molar-refractivity contribution in [3.05, 3.63) is 0 Å². The minimum atomic E-state index is 0.283. The molecule has 0 aromatic rings. The summed E-state index contributed by atoms with van der Waals surface area (Å²) < 4.78 is 0. The number of carbonyl (C=O) groups is 1. The fraction of sp³-hybridized carbons (Fsp3) is 0.923. The van der Waals surface area contributed by atoms with E-state index in [9.17, 15) is 4.79 Å². The van der Waals surface area contributed by atoms with E-state index in [1.807, 2.05) is 11.9 Å². The summed E-state index contributed by atoms with van der Waals surface area (Å²) in [6, 6.07) is 0. The average Bonchev–Trinajstić information content (AvgIpc) is 2.15. The van der Waals surface area contributed by atoms with Crippen molar-refractivity contribution >= 4 is 5.91 Å². The van der Waals surface area contributed by atoms with E-state index >= 15 is 0 Å². The van der Waals surface area contributed by atoms with Crippen LogP contribution < -0.4 is 0 Å². The molecule has 0 aromatic carbocycles. The maximum Gasteiger partial charge on any atom is 0.236 e. The van der Waals surface area contributed by atoms with E-state index in [-0.39, 0.29) is 5.91 Å². The van der Waals surface area contributed by atoms with Crippen LogP contribution in [0.2, 0.25) is 0 Å². The molecular weight excluding hydrogens is 200 g/mol. The highest BCUT2D eigenvalue weighted by atomic mass is 16.2. The number of likely N-dealkylation sites (N-methyl/N-ethyl adjacent to an activating group) is 1. The Morgan fingerprint density at radius 3 is 2.56 bits per heavy atom. The highest BCUT2D eigenvalue weighted by Crippen LogP contribution is 2.39. The second-order valence-corrected chi connectivity index (χ2v) is 5.89. The van der Waals surface area contributed by atoms with Gasteiger partial charge in [0.25, 0.3) is 0 Å². The van der Waals surface area contributed by atoms with Crippen LogP contribution in [0, 0.1) is 17.8 Å². The molecule has 2 fully saturated rings.